The molecule has 2 saturated carbocycles. The lowest BCUT2D eigenvalue weighted by Gasteiger charge is -2.23. The van der Waals surface area contributed by atoms with Crippen LogP contribution < -0.4 is 0 Å². The zero-order valence-corrected chi connectivity index (χ0v) is 11.5. The summed E-state index contributed by atoms with van der Waals surface area (Å²) in [6.07, 6.45) is 7.35. The molecule has 6 unspecified atom stereocenters. The number of esters is 1. The molecule has 4 heteroatoms. The Kier molecular flexibility index (Phi) is 2.68. The SMILES string of the molecule is CC12CCC(COC(=O)C3CCC4OC4C3)CC1O2. The molecule has 0 aromatic heterocycles. The van der Waals surface area contributed by atoms with Crippen LogP contribution in [0.2, 0.25) is 0 Å². The highest BCUT2D eigenvalue weighted by atomic mass is 16.6. The maximum absolute atomic E-state index is 12.1. The van der Waals surface area contributed by atoms with Gasteiger partial charge in [0.2, 0.25) is 0 Å². The van der Waals surface area contributed by atoms with E-state index < -0.39 is 0 Å². The molecule has 2 heterocycles. The fourth-order valence-corrected chi connectivity index (χ4v) is 3.81. The average molecular weight is 266 g/mol. The molecule has 4 rings (SSSR count). The summed E-state index contributed by atoms with van der Waals surface area (Å²) in [4.78, 5) is 12.1. The van der Waals surface area contributed by atoms with Gasteiger partial charge in [0.25, 0.3) is 0 Å². The maximum Gasteiger partial charge on any atom is 0.309 e. The predicted octanol–water partition coefficient (Wildman–Crippen LogP) is 2.05. The maximum atomic E-state index is 12.1. The highest BCUT2D eigenvalue weighted by molar-refractivity contribution is 5.72. The average Bonchev–Trinajstić information content (AvgIpc) is 3.28. The van der Waals surface area contributed by atoms with Crippen molar-refractivity contribution < 1.29 is 19.0 Å². The van der Waals surface area contributed by atoms with Crippen molar-refractivity contribution >= 4 is 5.97 Å². The Bertz CT molecular complexity index is 396. The van der Waals surface area contributed by atoms with Gasteiger partial charge in [-0.05, 0) is 51.4 Å². The van der Waals surface area contributed by atoms with Crippen molar-refractivity contribution in [3.63, 3.8) is 0 Å². The van der Waals surface area contributed by atoms with Gasteiger partial charge in [-0.1, -0.05) is 0 Å². The van der Waals surface area contributed by atoms with Gasteiger partial charge in [0, 0.05) is 0 Å². The molecule has 0 amide bonds. The molecule has 0 radical (unpaired) electrons. The van der Waals surface area contributed by atoms with Crippen LogP contribution in [0.5, 0.6) is 0 Å². The summed E-state index contributed by atoms with van der Waals surface area (Å²) in [5, 5.41) is 0. The van der Waals surface area contributed by atoms with Gasteiger partial charge in [-0.2, -0.15) is 0 Å². The summed E-state index contributed by atoms with van der Waals surface area (Å²) in [5.41, 5.74) is 0.155. The molecule has 2 aliphatic heterocycles. The monoisotopic (exact) mass is 266 g/mol. The minimum absolute atomic E-state index is 0.000925. The van der Waals surface area contributed by atoms with Crippen LogP contribution in [-0.4, -0.2) is 36.5 Å². The fourth-order valence-electron chi connectivity index (χ4n) is 3.81. The van der Waals surface area contributed by atoms with Crippen LogP contribution in [0.4, 0.5) is 0 Å². The van der Waals surface area contributed by atoms with Crippen molar-refractivity contribution in [1.29, 1.82) is 0 Å². The number of hydrogen-bond acceptors (Lipinski definition) is 4. The quantitative estimate of drug-likeness (QED) is 0.579. The van der Waals surface area contributed by atoms with Crippen molar-refractivity contribution in [2.75, 3.05) is 6.61 Å². The van der Waals surface area contributed by atoms with Crippen LogP contribution in [0.1, 0.15) is 45.4 Å². The lowest BCUT2D eigenvalue weighted by atomic mass is 9.83. The molecule has 4 fully saturated rings. The van der Waals surface area contributed by atoms with Crippen LogP contribution in [0.25, 0.3) is 0 Å². The Morgan fingerprint density at radius 3 is 2.95 bits per heavy atom. The lowest BCUT2D eigenvalue weighted by molar-refractivity contribution is -0.151. The van der Waals surface area contributed by atoms with E-state index in [1.54, 1.807) is 0 Å². The molecule has 6 atom stereocenters. The first-order valence-electron chi connectivity index (χ1n) is 7.64. The highest BCUT2D eigenvalue weighted by Crippen LogP contribution is 2.49. The molecule has 4 aliphatic rings. The number of epoxide rings is 2. The molecule has 0 bridgehead atoms. The first-order chi connectivity index (χ1) is 9.14. The van der Waals surface area contributed by atoms with Gasteiger partial charge in [-0.15, -0.1) is 0 Å². The van der Waals surface area contributed by atoms with E-state index in [2.05, 4.69) is 6.92 Å². The van der Waals surface area contributed by atoms with Crippen molar-refractivity contribution in [2.45, 2.75) is 69.4 Å². The fraction of sp³-hybridized carbons (Fsp3) is 0.933. The number of fused-ring (bicyclic) bond motifs is 2. The Morgan fingerprint density at radius 2 is 2.16 bits per heavy atom. The molecule has 19 heavy (non-hydrogen) atoms. The third-order valence-corrected chi connectivity index (χ3v) is 5.43. The largest absolute Gasteiger partial charge is 0.465 e. The second-order valence-electron chi connectivity index (χ2n) is 6.91. The predicted molar refractivity (Wildman–Crippen MR) is 67.6 cm³/mol. The third-order valence-electron chi connectivity index (χ3n) is 5.43. The normalized spacial score (nSPS) is 50.9. The van der Waals surface area contributed by atoms with E-state index in [0.29, 0.717) is 30.8 Å². The van der Waals surface area contributed by atoms with E-state index in [1.165, 1.54) is 0 Å². The van der Waals surface area contributed by atoms with Crippen LogP contribution in [0, 0.1) is 11.8 Å². The van der Waals surface area contributed by atoms with Crippen LogP contribution in [0.15, 0.2) is 0 Å². The molecule has 0 N–H and O–H groups in total. The first kappa shape index (κ1) is 12.2. The van der Waals surface area contributed by atoms with E-state index in [4.69, 9.17) is 14.2 Å². The summed E-state index contributed by atoms with van der Waals surface area (Å²) < 4.78 is 16.7. The number of carbonyl (C=O) groups is 1. The summed E-state index contributed by atoms with van der Waals surface area (Å²) in [5.74, 6) is 0.576. The van der Waals surface area contributed by atoms with E-state index in [1.807, 2.05) is 0 Å². The van der Waals surface area contributed by atoms with Gasteiger partial charge in [-0.25, -0.2) is 0 Å². The minimum atomic E-state index is -0.000925. The van der Waals surface area contributed by atoms with Crippen molar-refractivity contribution in [2.24, 2.45) is 11.8 Å². The van der Waals surface area contributed by atoms with Crippen LogP contribution in [-0.2, 0) is 19.0 Å². The summed E-state index contributed by atoms with van der Waals surface area (Å²) in [6, 6.07) is 0. The third kappa shape index (κ3) is 2.29. The number of carbonyl (C=O) groups excluding carboxylic acids is 1. The molecular weight excluding hydrogens is 244 g/mol. The Morgan fingerprint density at radius 1 is 1.26 bits per heavy atom. The molecule has 2 saturated heterocycles. The van der Waals surface area contributed by atoms with E-state index in [-0.39, 0.29) is 17.5 Å². The van der Waals surface area contributed by atoms with Crippen LogP contribution in [0.3, 0.4) is 0 Å². The van der Waals surface area contributed by atoms with Crippen molar-refractivity contribution in [3.05, 3.63) is 0 Å². The second-order valence-corrected chi connectivity index (χ2v) is 6.91. The first-order valence-corrected chi connectivity index (χ1v) is 7.64. The van der Waals surface area contributed by atoms with E-state index >= 15 is 0 Å². The van der Waals surface area contributed by atoms with Gasteiger partial charge in [-0.3, -0.25) is 4.79 Å². The molecule has 2 aliphatic carbocycles. The Labute approximate surface area is 113 Å². The highest BCUT2D eigenvalue weighted by Gasteiger charge is 2.55. The van der Waals surface area contributed by atoms with E-state index in [9.17, 15) is 4.79 Å². The van der Waals surface area contributed by atoms with Gasteiger partial charge in [0.15, 0.2) is 0 Å². The number of rotatable bonds is 3. The molecule has 0 spiro atoms. The van der Waals surface area contributed by atoms with E-state index in [0.717, 1.165) is 38.5 Å². The molecule has 106 valence electrons. The molecule has 0 aromatic rings. The topological polar surface area (TPSA) is 51.4 Å². The second kappa shape index (κ2) is 4.19. The van der Waals surface area contributed by atoms with Gasteiger partial charge >= 0.3 is 5.97 Å². The Hall–Kier alpha value is -0.610. The molecule has 4 nitrogen and oxygen atoms in total. The van der Waals surface area contributed by atoms with Crippen molar-refractivity contribution in [1.82, 2.24) is 0 Å². The standard InChI is InChI=1S/C15H22O4/c1-15-5-4-9(6-13(15)19-15)8-17-14(16)10-2-3-11-12(7-10)18-11/h9-13H,2-8H2,1H3. The van der Waals surface area contributed by atoms with Gasteiger partial charge in [0.1, 0.15) is 0 Å². The lowest BCUT2D eigenvalue weighted by Crippen LogP contribution is -2.28. The smallest absolute Gasteiger partial charge is 0.309 e. The zero-order chi connectivity index (χ0) is 13.0. The molecule has 0 aromatic carbocycles. The number of hydrogen-bond donors (Lipinski definition) is 0. The Balaban J connectivity index is 1.22. The minimum Gasteiger partial charge on any atom is -0.465 e. The molecular formula is C15H22O4. The van der Waals surface area contributed by atoms with Crippen molar-refractivity contribution in [3.8, 4) is 0 Å². The summed E-state index contributed by atoms with van der Waals surface area (Å²) in [6.45, 7) is 2.77. The summed E-state index contributed by atoms with van der Waals surface area (Å²) >= 11 is 0. The van der Waals surface area contributed by atoms with Gasteiger partial charge in [0.05, 0.1) is 36.4 Å². The van der Waals surface area contributed by atoms with Crippen LogP contribution >= 0.6 is 0 Å². The summed E-state index contributed by atoms with van der Waals surface area (Å²) in [7, 11) is 0. The zero-order valence-electron chi connectivity index (χ0n) is 11.5. The van der Waals surface area contributed by atoms with Gasteiger partial charge < -0.3 is 14.2 Å². The number of ether oxygens (including phenoxy) is 3.